The molecule has 3 aromatic rings. The minimum Gasteiger partial charge on any atom is -0.489 e. The molecule has 0 saturated carbocycles. The van der Waals surface area contributed by atoms with Gasteiger partial charge in [-0.3, -0.25) is 4.79 Å². The number of carbonyl (C=O) groups is 1. The molecular formula is C23H16Cl2O3. The van der Waals surface area contributed by atoms with Crippen LogP contribution in [0.3, 0.4) is 0 Å². The fraction of sp³-hybridized carbons (Fsp3) is 0.0870. The van der Waals surface area contributed by atoms with Crippen molar-refractivity contribution in [1.82, 2.24) is 0 Å². The van der Waals surface area contributed by atoms with Crippen LogP contribution in [-0.2, 0) is 6.61 Å². The lowest BCUT2D eigenvalue weighted by Gasteiger charge is -2.09. The Bertz CT molecular complexity index is 1100. The highest BCUT2D eigenvalue weighted by molar-refractivity contribution is 6.31. The van der Waals surface area contributed by atoms with E-state index in [4.69, 9.17) is 32.7 Å². The Labute approximate surface area is 173 Å². The van der Waals surface area contributed by atoms with Crippen LogP contribution in [0.4, 0.5) is 0 Å². The van der Waals surface area contributed by atoms with Crippen molar-refractivity contribution in [1.29, 1.82) is 0 Å². The summed E-state index contributed by atoms with van der Waals surface area (Å²) in [5.74, 6) is 1.26. The third-order valence-electron chi connectivity index (χ3n) is 4.38. The number of hydrogen-bond acceptors (Lipinski definition) is 3. The Morgan fingerprint density at radius 3 is 2.50 bits per heavy atom. The smallest absolute Gasteiger partial charge is 0.232 e. The summed E-state index contributed by atoms with van der Waals surface area (Å²) in [6.45, 7) is 2.24. The van der Waals surface area contributed by atoms with E-state index in [0.29, 0.717) is 33.7 Å². The van der Waals surface area contributed by atoms with Gasteiger partial charge in [-0.2, -0.15) is 0 Å². The largest absolute Gasteiger partial charge is 0.489 e. The number of ether oxygens (including phenoxy) is 2. The van der Waals surface area contributed by atoms with Crippen LogP contribution >= 0.6 is 23.2 Å². The molecule has 1 aliphatic rings. The molecule has 1 aliphatic heterocycles. The summed E-state index contributed by atoms with van der Waals surface area (Å²) in [6, 6.07) is 18.3. The van der Waals surface area contributed by atoms with Crippen LogP contribution in [0.5, 0.6) is 11.5 Å². The Hall–Kier alpha value is -2.75. The van der Waals surface area contributed by atoms with Crippen molar-refractivity contribution in [2.24, 2.45) is 0 Å². The molecule has 0 N–H and O–H groups in total. The van der Waals surface area contributed by atoms with Gasteiger partial charge in [-0.25, -0.2) is 0 Å². The standard InChI is InChI=1S/C23H16Cl2O3/c1-14-8-19(27-13-16-5-3-7-18(25)10-16)12-20-22(14)23(26)21(28-20)11-15-4-2-6-17(24)9-15/h2-12H,13H2,1H3/b21-11-. The van der Waals surface area contributed by atoms with Crippen molar-refractivity contribution in [3.8, 4) is 11.5 Å². The quantitative estimate of drug-likeness (QED) is 0.460. The van der Waals surface area contributed by atoms with Gasteiger partial charge in [0.1, 0.15) is 18.1 Å². The Morgan fingerprint density at radius 2 is 1.75 bits per heavy atom. The first kappa shape index (κ1) is 18.6. The molecule has 1 heterocycles. The second-order valence-electron chi connectivity index (χ2n) is 6.53. The highest BCUT2D eigenvalue weighted by Crippen LogP contribution is 2.37. The van der Waals surface area contributed by atoms with Crippen molar-refractivity contribution in [2.75, 3.05) is 0 Å². The second-order valence-corrected chi connectivity index (χ2v) is 7.40. The molecule has 0 amide bonds. The number of halogens is 2. The third-order valence-corrected chi connectivity index (χ3v) is 4.85. The topological polar surface area (TPSA) is 35.5 Å². The van der Waals surface area contributed by atoms with Crippen molar-refractivity contribution >= 4 is 35.1 Å². The summed E-state index contributed by atoms with van der Waals surface area (Å²) in [5, 5.41) is 1.26. The first-order valence-electron chi connectivity index (χ1n) is 8.71. The number of rotatable bonds is 4. The zero-order valence-corrected chi connectivity index (χ0v) is 16.6. The number of carbonyl (C=O) groups excluding carboxylic acids is 1. The van der Waals surface area contributed by atoms with Crippen molar-refractivity contribution in [3.05, 3.63) is 98.7 Å². The van der Waals surface area contributed by atoms with E-state index in [1.807, 2.05) is 49.4 Å². The molecule has 3 nitrogen and oxygen atoms in total. The van der Waals surface area contributed by atoms with E-state index >= 15 is 0 Å². The van der Waals surface area contributed by atoms with Gasteiger partial charge in [-0.05, 0) is 60.0 Å². The van der Waals surface area contributed by atoms with Gasteiger partial charge in [0.2, 0.25) is 5.78 Å². The van der Waals surface area contributed by atoms with E-state index < -0.39 is 0 Å². The van der Waals surface area contributed by atoms with Crippen molar-refractivity contribution in [2.45, 2.75) is 13.5 Å². The van der Waals surface area contributed by atoms with Crippen LogP contribution in [0.25, 0.3) is 6.08 Å². The van der Waals surface area contributed by atoms with Crippen LogP contribution in [0.1, 0.15) is 27.0 Å². The molecule has 0 saturated heterocycles. The van der Waals surface area contributed by atoms with E-state index in [1.54, 1.807) is 24.3 Å². The third kappa shape index (κ3) is 3.91. The predicted octanol–water partition coefficient (Wildman–Crippen LogP) is 6.50. The van der Waals surface area contributed by atoms with Crippen LogP contribution in [0.2, 0.25) is 10.0 Å². The van der Waals surface area contributed by atoms with Gasteiger partial charge in [-0.15, -0.1) is 0 Å². The van der Waals surface area contributed by atoms with Crippen LogP contribution in [0, 0.1) is 6.92 Å². The number of hydrogen-bond donors (Lipinski definition) is 0. The zero-order chi connectivity index (χ0) is 19.7. The van der Waals surface area contributed by atoms with E-state index in [1.165, 1.54) is 0 Å². The normalized spacial score (nSPS) is 14.1. The van der Waals surface area contributed by atoms with Gasteiger partial charge in [0, 0.05) is 16.1 Å². The molecule has 0 bridgehead atoms. The number of benzene rings is 3. The molecule has 0 atom stereocenters. The van der Waals surface area contributed by atoms with E-state index in [-0.39, 0.29) is 11.5 Å². The van der Waals surface area contributed by atoms with Crippen LogP contribution < -0.4 is 9.47 Å². The number of allylic oxidation sites excluding steroid dienone is 1. The first-order chi connectivity index (χ1) is 13.5. The molecule has 0 aliphatic carbocycles. The van der Waals surface area contributed by atoms with Gasteiger partial charge >= 0.3 is 0 Å². The lowest BCUT2D eigenvalue weighted by Crippen LogP contribution is -2.00. The van der Waals surface area contributed by atoms with Crippen LogP contribution in [0.15, 0.2) is 66.4 Å². The van der Waals surface area contributed by atoms with Gasteiger partial charge in [0.25, 0.3) is 0 Å². The van der Waals surface area contributed by atoms with Gasteiger partial charge in [0.15, 0.2) is 5.76 Å². The lowest BCUT2D eigenvalue weighted by atomic mass is 10.0. The van der Waals surface area contributed by atoms with Crippen molar-refractivity contribution in [3.63, 3.8) is 0 Å². The van der Waals surface area contributed by atoms with Crippen LogP contribution in [-0.4, -0.2) is 5.78 Å². The maximum Gasteiger partial charge on any atom is 0.232 e. The monoisotopic (exact) mass is 410 g/mol. The number of aryl methyl sites for hydroxylation is 1. The summed E-state index contributed by atoms with van der Waals surface area (Å²) in [4.78, 5) is 12.8. The summed E-state index contributed by atoms with van der Waals surface area (Å²) in [7, 11) is 0. The maximum absolute atomic E-state index is 12.8. The van der Waals surface area contributed by atoms with E-state index in [0.717, 1.165) is 16.7 Å². The molecule has 4 rings (SSSR count). The Morgan fingerprint density at radius 1 is 1.00 bits per heavy atom. The predicted molar refractivity (Wildman–Crippen MR) is 111 cm³/mol. The molecular weight excluding hydrogens is 395 g/mol. The summed E-state index contributed by atoms with van der Waals surface area (Å²) >= 11 is 12.0. The van der Waals surface area contributed by atoms with Gasteiger partial charge in [0.05, 0.1) is 5.56 Å². The fourth-order valence-corrected chi connectivity index (χ4v) is 3.51. The number of fused-ring (bicyclic) bond motifs is 1. The molecule has 0 radical (unpaired) electrons. The Kier molecular flexibility index (Phi) is 5.12. The summed E-state index contributed by atoms with van der Waals surface area (Å²) in [6.07, 6.45) is 1.69. The average molecular weight is 411 g/mol. The van der Waals surface area contributed by atoms with Gasteiger partial charge in [-0.1, -0.05) is 47.5 Å². The molecule has 0 unspecified atom stereocenters. The fourth-order valence-electron chi connectivity index (χ4n) is 3.10. The molecule has 5 heteroatoms. The zero-order valence-electron chi connectivity index (χ0n) is 15.0. The minimum atomic E-state index is -0.145. The number of Topliss-reactive ketones (excluding diaryl/α,β-unsaturated/α-hetero) is 1. The van der Waals surface area contributed by atoms with E-state index in [9.17, 15) is 4.79 Å². The molecule has 0 aromatic heterocycles. The van der Waals surface area contributed by atoms with Gasteiger partial charge < -0.3 is 9.47 Å². The van der Waals surface area contributed by atoms with E-state index in [2.05, 4.69) is 0 Å². The molecule has 0 spiro atoms. The second kappa shape index (κ2) is 7.70. The summed E-state index contributed by atoms with van der Waals surface area (Å²) < 4.78 is 11.7. The minimum absolute atomic E-state index is 0.145. The maximum atomic E-state index is 12.8. The Balaban J connectivity index is 1.57. The lowest BCUT2D eigenvalue weighted by molar-refractivity contribution is 0.101. The SMILES string of the molecule is Cc1cc(OCc2cccc(Cl)c2)cc2c1C(=O)/C(=C/c1cccc(Cl)c1)O2. The van der Waals surface area contributed by atoms with Crippen molar-refractivity contribution < 1.29 is 14.3 Å². The average Bonchev–Trinajstić information content (AvgIpc) is 2.96. The molecule has 28 heavy (non-hydrogen) atoms. The first-order valence-corrected chi connectivity index (χ1v) is 9.47. The highest BCUT2D eigenvalue weighted by atomic mass is 35.5. The number of ketones is 1. The molecule has 3 aromatic carbocycles. The highest BCUT2D eigenvalue weighted by Gasteiger charge is 2.30. The molecule has 0 fully saturated rings. The summed E-state index contributed by atoms with van der Waals surface area (Å²) in [5.41, 5.74) is 3.13. The molecule has 140 valence electrons.